The molecule has 0 bridgehead atoms. The molecule has 1 fully saturated rings. The monoisotopic (exact) mass is 350 g/mol. The highest BCUT2D eigenvalue weighted by Crippen LogP contribution is 2.24. The quantitative estimate of drug-likeness (QED) is 0.714. The largest absolute Gasteiger partial charge is 0.367 e. The van der Waals surface area contributed by atoms with Crippen molar-refractivity contribution in [3.8, 4) is 11.3 Å². The molecule has 2 aromatic heterocycles. The Bertz CT molecular complexity index is 927. The molecule has 7 heteroatoms. The van der Waals surface area contributed by atoms with Gasteiger partial charge in [-0.15, -0.1) is 0 Å². The third kappa shape index (κ3) is 3.37. The molecule has 2 N–H and O–H groups in total. The van der Waals surface area contributed by atoms with Gasteiger partial charge in [-0.05, 0) is 30.9 Å². The van der Waals surface area contributed by atoms with E-state index in [4.69, 9.17) is 0 Å². The smallest absolute Gasteiger partial charge is 0.251 e. The maximum atomic E-state index is 12.1. The van der Waals surface area contributed by atoms with E-state index in [-0.39, 0.29) is 5.91 Å². The van der Waals surface area contributed by atoms with Gasteiger partial charge in [0.15, 0.2) is 11.5 Å². The van der Waals surface area contributed by atoms with Gasteiger partial charge < -0.3 is 10.6 Å². The van der Waals surface area contributed by atoms with E-state index in [1.807, 2.05) is 24.3 Å². The van der Waals surface area contributed by atoms with Gasteiger partial charge in [-0.2, -0.15) is 5.10 Å². The van der Waals surface area contributed by atoms with E-state index in [0.29, 0.717) is 23.2 Å². The van der Waals surface area contributed by atoms with Crippen LogP contribution in [0, 0.1) is 5.92 Å². The first-order valence-electron chi connectivity index (χ1n) is 8.95. The van der Waals surface area contributed by atoms with Crippen LogP contribution in [0.5, 0.6) is 0 Å². The second kappa shape index (κ2) is 6.74. The van der Waals surface area contributed by atoms with Gasteiger partial charge in [0.1, 0.15) is 6.33 Å². The van der Waals surface area contributed by atoms with Gasteiger partial charge in [0.05, 0.1) is 11.9 Å². The first kappa shape index (κ1) is 16.5. The Morgan fingerprint density at radius 3 is 2.69 bits per heavy atom. The summed E-state index contributed by atoms with van der Waals surface area (Å²) in [6.07, 6.45) is 5.47. The van der Waals surface area contributed by atoms with Gasteiger partial charge in [0.2, 0.25) is 0 Å². The van der Waals surface area contributed by atoms with E-state index in [2.05, 4.69) is 39.5 Å². The Labute approximate surface area is 151 Å². The molecule has 1 aromatic carbocycles. The summed E-state index contributed by atoms with van der Waals surface area (Å²) in [6.45, 7) is 5.10. The van der Waals surface area contributed by atoms with E-state index in [1.165, 1.54) is 6.33 Å². The van der Waals surface area contributed by atoms with E-state index in [9.17, 15) is 4.79 Å². The molecule has 134 valence electrons. The standard InChI is InChI=1S/C19H22N6O/c1-12(2)9-20-17-18-21-10-16(25(18)23-11-22-17)13-3-5-14(6-4-13)19(26)24-15-7-8-15/h3-6,10-12,15H,7-9H2,1-2H3,(H,24,26)(H,20,22,23). The van der Waals surface area contributed by atoms with Crippen molar-refractivity contribution >= 4 is 17.4 Å². The first-order chi connectivity index (χ1) is 12.6. The predicted octanol–water partition coefficient (Wildman–Crippen LogP) is 2.75. The topological polar surface area (TPSA) is 84.2 Å². The second-order valence-corrected chi connectivity index (χ2v) is 7.09. The van der Waals surface area contributed by atoms with Gasteiger partial charge in [-0.1, -0.05) is 26.0 Å². The number of rotatable bonds is 6. The average Bonchev–Trinajstić information content (AvgIpc) is 3.35. The second-order valence-electron chi connectivity index (χ2n) is 7.09. The summed E-state index contributed by atoms with van der Waals surface area (Å²) < 4.78 is 1.77. The van der Waals surface area contributed by atoms with Gasteiger partial charge in [-0.25, -0.2) is 14.5 Å². The number of hydrogen-bond donors (Lipinski definition) is 2. The van der Waals surface area contributed by atoms with Crippen molar-refractivity contribution < 1.29 is 4.79 Å². The summed E-state index contributed by atoms with van der Waals surface area (Å²) in [4.78, 5) is 20.9. The minimum Gasteiger partial charge on any atom is -0.367 e. The Kier molecular flexibility index (Phi) is 4.28. The number of hydrogen-bond acceptors (Lipinski definition) is 5. The van der Waals surface area contributed by atoms with Crippen LogP contribution < -0.4 is 10.6 Å². The molecule has 1 aliphatic carbocycles. The number of benzene rings is 1. The van der Waals surface area contributed by atoms with Crippen LogP contribution in [0.2, 0.25) is 0 Å². The molecule has 0 radical (unpaired) electrons. The van der Waals surface area contributed by atoms with E-state index < -0.39 is 0 Å². The molecule has 1 saturated carbocycles. The lowest BCUT2D eigenvalue weighted by atomic mass is 10.1. The molecule has 2 heterocycles. The van der Waals surface area contributed by atoms with Crippen LogP contribution in [0.3, 0.4) is 0 Å². The lowest BCUT2D eigenvalue weighted by Gasteiger charge is -2.09. The SMILES string of the molecule is CC(C)CNc1ncnn2c(-c3ccc(C(=O)NC4CC4)cc3)cnc12. The van der Waals surface area contributed by atoms with Gasteiger partial charge >= 0.3 is 0 Å². The minimum absolute atomic E-state index is 0.0142. The number of fused-ring (bicyclic) bond motifs is 1. The zero-order chi connectivity index (χ0) is 18.1. The molecule has 7 nitrogen and oxygen atoms in total. The molecular formula is C19H22N6O. The number of anilines is 1. The highest BCUT2D eigenvalue weighted by molar-refractivity contribution is 5.95. The van der Waals surface area contributed by atoms with Crippen LogP contribution >= 0.6 is 0 Å². The zero-order valence-electron chi connectivity index (χ0n) is 14.9. The predicted molar refractivity (Wildman–Crippen MR) is 100 cm³/mol. The fourth-order valence-corrected chi connectivity index (χ4v) is 2.73. The summed E-state index contributed by atoms with van der Waals surface area (Å²) >= 11 is 0. The van der Waals surface area contributed by atoms with Crippen LogP contribution in [0.15, 0.2) is 36.8 Å². The molecule has 0 saturated heterocycles. The Balaban J connectivity index is 1.60. The molecule has 4 rings (SSSR count). The fraction of sp³-hybridized carbons (Fsp3) is 0.368. The van der Waals surface area contributed by atoms with Crippen molar-refractivity contribution in [3.05, 3.63) is 42.4 Å². The first-order valence-corrected chi connectivity index (χ1v) is 8.95. The van der Waals surface area contributed by atoms with Crippen LogP contribution in [0.4, 0.5) is 5.82 Å². The molecule has 3 aromatic rings. The number of nitrogens with one attached hydrogen (secondary N) is 2. The third-order valence-electron chi connectivity index (χ3n) is 4.34. The number of imidazole rings is 1. The Morgan fingerprint density at radius 1 is 1.23 bits per heavy atom. The Hall–Kier alpha value is -2.96. The van der Waals surface area contributed by atoms with Crippen LogP contribution in [-0.2, 0) is 0 Å². The number of aromatic nitrogens is 4. The Morgan fingerprint density at radius 2 is 2.00 bits per heavy atom. The summed E-state index contributed by atoms with van der Waals surface area (Å²) in [5, 5.41) is 10.6. The van der Waals surface area contributed by atoms with Crippen molar-refractivity contribution in [2.45, 2.75) is 32.7 Å². The lowest BCUT2D eigenvalue weighted by Crippen LogP contribution is -2.25. The number of amides is 1. The molecule has 0 unspecified atom stereocenters. The molecule has 0 spiro atoms. The number of nitrogens with zero attached hydrogens (tertiary/aromatic N) is 4. The molecule has 1 amide bonds. The molecule has 26 heavy (non-hydrogen) atoms. The molecule has 0 atom stereocenters. The van der Waals surface area contributed by atoms with Gasteiger partial charge in [0, 0.05) is 23.7 Å². The lowest BCUT2D eigenvalue weighted by molar-refractivity contribution is 0.0951. The summed E-state index contributed by atoms with van der Waals surface area (Å²) in [5.41, 5.74) is 3.18. The fourth-order valence-electron chi connectivity index (χ4n) is 2.73. The van der Waals surface area contributed by atoms with Crippen molar-refractivity contribution in [3.63, 3.8) is 0 Å². The van der Waals surface area contributed by atoms with Gasteiger partial charge in [0.25, 0.3) is 5.91 Å². The third-order valence-corrected chi connectivity index (χ3v) is 4.34. The van der Waals surface area contributed by atoms with E-state index >= 15 is 0 Å². The minimum atomic E-state index is -0.0142. The van der Waals surface area contributed by atoms with Crippen molar-refractivity contribution in [2.75, 3.05) is 11.9 Å². The van der Waals surface area contributed by atoms with Crippen molar-refractivity contribution in [1.29, 1.82) is 0 Å². The highest BCUT2D eigenvalue weighted by atomic mass is 16.1. The van der Waals surface area contributed by atoms with E-state index in [1.54, 1.807) is 10.7 Å². The number of carbonyl (C=O) groups is 1. The number of carbonyl (C=O) groups excluding carboxylic acids is 1. The van der Waals surface area contributed by atoms with E-state index in [0.717, 1.165) is 36.5 Å². The zero-order valence-corrected chi connectivity index (χ0v) is 14.9. The summed E-state index contributed by atoms with van der Waals surface area (Å²) in [5.74, 6) is 1.22. The average molecular weight is 350 g/mol. The molecule has 1 aliphatic rings. The van der Waals surface area contributed by atoms with Crippen LogP contribution in [0.25, 0.3) is 16.9 Å². The molecule has 0 aliphatic heterocycles. The normalized spacial score (nSPS) is 14.0. The van der Waals surface area contributed by atoms with Gasteiger partial charge in [-0.3, -0.25) is 4.79 Å². The van der Waals surface area contributed by atoms with Crippen molar-refractivity contribution in [1.82, 2.24) is 24.9 Å². The highest BCUT2D eigenvalue weighted by Gasteiger charge is 2.23. The summed E-state index contributed by atoms with van der Waals surface area (Å²) in [7, 11) is 0. The van der Waals surface area contributed by atoms with Crippen LogP contribution in [-0.4, -0.2) is 38.1 Å². The van der Waals surface area contributed by atoms with Crippen LogP contribution in [0.1, 0.15) is 37.0 Å². The molecular weight excluding hydrogens is 328 g/mol. The maximum Gasteiger partial charge on any atom is 0.251 e. The summed E-state index contributed by atoms with van der Waals surface area (Å²) in [6, 6.07) is 7.88. The van der Waals surface area contributed by atoms with Crippen molar-refractivity contribution in [2.24, 2.45) is 5.92 Å². The maximum absolute atomic E-state index is 12.1.